The van der Waals surface area contributed by atoms with Crippen molar-refractivity contribution in [2.24, 2.45) is 5.41 Å². The highest BCUT2D eigenvalue weighted by Gasteiger charge is 2.30. The van der Waals surface area contributed by atoms with E-state index in [1.54, 1.807) is 11.3 Å². The van der Waals surface area contributed by atoms with Crippen LogP contribution in [0.4, 0.5) is 0 Å². The van der Waals surface area contributed by atoms with Gasteiger partial charge in [0.2, 0.25) is 15.6 Å². The van der Waals surface area contributed by atoms with Gasteiger partial charge >= 0.3 is 0 Å². The van der Waals surface area contributed by atoms with Gasteiger partial charge in [-0.1, -0.05) is 26.8 Å². The first-order valence-corrected chi connectivity index (χ1v) is 13.0. The number of carbonyl (C=O) groups excluding carboxylic acids is 1. The molecule has 1 aliphatic rings. The molecule has 1 aliphatic heterocycles. The molecule has 1 atom stereocenters. The quantitative estimate of drug-likeness (QED) is 0.572. The predicted molar refractivity (Wildman–Crippen MR) is 128 cm³/mol. The van der Waals surface area contributed by atoms with Crippen molar-refractivity contribution in [3.05, 3.63) is 62.6 Å². The van der Waals surface area contributed by atoms with Gasteiger partial charge in [-0.25, -0.2) is 8.42 Å². The molecular weight excluding hydrogens is 462 g/mol. The normalized spacial score (nSPS) is 16.6. The van der Waals surface area contributed by atoms with Crippen LogP contribution in [-0.4, -0.2) is 49.9 Å². The minimum atomic E-state index is -3.76. The number of fused-ring (bicyclic) bond motifs is 1. The van der Waals surface area contributed by atoms with Crippen LogP contribution in [0.3, 0.4) is 0 Å². The summed E-state index contributed by atoms with van der Waals surface area (Å²) in [6.07, 6.45) is 0. The van der Waals surface area contributed by atoms with Gasteiger partial charge in [-0.05, 0) is 35.1 Å². The van der Waals surface area contributed by atoms with Crippen LogP contribution < -0.4 is 10.9 Å². The Labute approximate surface area is 196 Å². The Kier molecular flexibility index (Phi) is 6.45. The molecule has 8 nitrogen and oxygen atoms in total. The monoisotopic (exact) mass is 489 g/mol. The second-order valence-corrected chi connectivity index (χ2v) is 12.0. The number of nitrogens with zero attached hydrogens (tertiary/aromatic N) is 1. The van der Waals surface area contributed by atoms with E-state index in [2.05, 4.69) is 10.3 Å². The molecule has 0 aliphatic carbocycles. The maximum Gasteiger partial charge on any atom is 0.252 e. The average molecular weight is 490 g/mol. The van der Waals surface area contributed by atoms with Crippen LogP contribution in [0.1, 0.15) is 42.0 Å². The number of amides is 1. The molecule has 176 valence electrons. The number of pyridine rings is 1. The number of rotatable bonds is 5. The van der Waals surface area contributed by atoms with Crippen molar-refractivity contribution < 1.29 is 17.9 Å². The highest BCUT2D eigenvalue weighted by molar-refractivity contribution is 7.89. The van der Waals surface area contributed by atoms with E-state index in [4.69, 9.17) is 4.74 Å². The number of nitrogens with one attached hydrogen (secondary N) is 2. The molecule has 1 saturated heterocycles. The SMILES string of the molecule is CC(C)(C)C(NC(=O)c1cc(=O)[nH]c2ccc(S(=O)(=O)N3CCOCC3)cc12)c1cccs1. The molecule has 3 aromatic rings. The molecule has 1 unspecified atom stereocenters. The van der Waals surface area contributed by atoms with Crippen LogP contribution in [0.15, 0.2) is 51.5 Å². The van der Waals surface area contributed by atoms with E-state index in [1.807, 2.05) is 38.3 Å². The maximum absolute atomic E-state index is 13.4. The summed E-state index contributed by atoms with van der Waals surface area (Å²) in [5.74, 6) is -0.430. The van der Waals surface area contributed by atoms with Crippen molar-refractivity contribution in [2.75, 3.05) is 26.3 Å². The molecule has 0 spiro atoms. The summed E-state index contributed by atoms with van der Waals surface area (Å²) < 4.78 is 32.9. The van der Waals surface area contributed by atoms with Gasteiger partial charge in [-0.2, -0.15) is 4.31 Å². The van der Waals surface area contributed by atoms with E-state index in [1.165, 1.54) is 28.6 Å². The molecule has 4 rings (SSSR count). The van der Waals surface area contributed by atoms with E-state index >= 15 is 0 Å². The number of hydrogen-bond donors (Lipinski definition) is 2. The molecule has 10 heteroatoms. The number of benzene rings is 1. The molecule has 1 aromatic carbocycles. The van der Waals surface area contributed by atoms with Crippen LogP contribution >= 0.6 is 11.3 Å². The van der Waals surface area contributed by atoms with Gasteiger partial charge in [0.1, 0.15) is 0 Å². The fourth-order valence-electron chi connectivity index (χ4n) is 3.90. The maximum atomic E-state index is 13.4. The molecule has 1 fully saturated rings. The van der Waals surface area contributed by atoms with Gasteiger partial charge in [0.25, 0.3) is 5.91 Å². The smallest absolute Gasteiger partial charge is 0.252 e. The predicted octanol–water partition coefficient (Wildman–Crippen LogP) is 3.13. The Morgan fingerprint density at radius 1 is 1.18 bits per heavy atom. The van der Waals surface area contributed by atoms with Crippen molar-refractivity contribution in [3.8, 4) is 0 Å². The molecule has 33 heavy (non-hydrogen) atoms. The van der Waals surface area contributed by atoms with E-state index in [0.717, 1.165) is 4.88 Å². The first-order chi connectivity index (χ1) is 15.6. The molecule has 2 N–H and O–H groups in total. The van der Waals surface area contributed by atoms with Crippen molar-refractivity contribution in [1.29, 1.82) is 0 Å². The Morgan fingerprint density at radius 3 is 2.55 bits per heavy atom. The molecule has 3 heterocycles. The molecule has 0 saturated carbocycles. The van der Waals surface area contributed by atoms with E-state index < -0.39 is 21.5 Å². The third-order valence-corrected chi connectivity index (χ3v) is 8.47. The third kappa shape index (κ3) is 4.89. The largest absolute Gasteiger partial charge is 0.379 e. The van der Waals surface area contributed by atoms with Crippen LogP contribution in [0.5, 0.6) is 0 Å². The number of aromatic amines is 1. The van der Waals surface area contributed by atoms with Crippen LogP contribution in [0.25, 0.3) is 10.9 Å². The lowest BCUT2D eigenvalue weighted by molar-refractivity contribution is 0.0730. The van der Waals surface area contributed by atoms with Crippen molar-refractivity contribution in [3.63, 3.8) is 0 Å². The van der Waals surface area contributed by atoms with Crippen molar-refractivity contribution in [2.45, 2.75) is 31.7 Å². The highest BCUT2D eigenvalue weighted by Crippen LogP contribution is 2.35. The fraction of sp³-hybridized carbons (Fsp3) is 0.391. The van der Waals surface area contributed by atoms with Crippen molar-refractivity contribution in [1.82, 2.24) is 14.6 Å². The van der Waals surface area contributed by atoms with E-state index in [0.29, 0.717) is 24.1 Å². The Hall–Kier alpha value is -2.53. The summed E-state index contributed by atoms with van der Waals surface area (Å²) in [5.41, 5.74) is -0.169. The Balaban J connectivity index is 1.76. The second-order valence-electron chi connectivity index (χ2n) is 9.06. The highest BCUT2D eigenvalue weighted by atomic mass is 32.2. The standard InChI is InChI=1S/C23H27N3O5S2/c1-23(2,3)21(19-5-4-12-32-19)25-22(28)17-14-20(27)24-18-7-6-15(13-16(17)18)33(29,30)26-8-10-31-11-9-26/h4-7,12-14,21H,8-11H2,1-3H3,(H,24,27)(H,25,28). The first kappa shape index (κ1) is 23.6. The van der Waals surface area contributed by atoms with Crippen LogP contribution in [0.2, 0.25) is 0 Å². The topological polar surface area (TPSA) is 109 Å². The summed E-state index contributed by atoms with van der Waals surface area (Å²) >= 11 is 1.55. The minimum Gasteiger partial charge on any atom is -0.379 e. The number of morpholine rings is 1. The van der Waals surface area contributed by atoms with Gasteiger partial charge in [-0.15, -0.1) is 11.3 Å². The molecule has 1 amide bonds. The summed E-state index contributed by atoms with van der Waals surface area (Å²) in [6, 6.07) is 9.27. The summed E-state index contributed by atoms with van der Waals surface area (Å²) in [6.45, 7) is 7.30. The van der Waals surface area contributed by atoms with Gasteiger partial charge < -0.3 is 15.0 Å². The average Bonchev–Trinajstić information content (AvgIpc) is 3.30. The first-order valence-electron chi connectivity index (χ1n) is 10.7. The molecular formula is C23H27N3O5S2. The zero-order valence-electron chi connectivity index (χ0n) is 18.8. The number of H-pyrrole nitrogens is 1. The number of hydrogen-bond acceptors (Lipinski definition) is 6. The van der Waals surface area contributed by atoms with Gasteiger partial charge in [-0.3, -0.25) is 9.59 Å². The van der Waals surface area contributed by atoms with E-state index in [-0.39, 0.29) is 35.0 Å². The lowest BCUT2D eigenvalue weighted by atomic mass is 9.85. The molecule has 0 bridgehead atoms. The zero-order valence-corrected chi connectivity index (χ0v) is 20.4. The fourth-order valence-corrected chi connectivity index (χ4v) is 6.35. The third-order valence-electron chi connectivity index (χ3n) is 5.64. The second kappa shape index (κ2) is 9.02. The number of carbonyl (C=O) groups is 1. The van der Waals surface area contributed by atoms with Crippen molar-refractivity contribution >= 4 is 38.2 Å². The number of thiophene rings is 1. The lowest BCUT2D eigenvalue weighted by Gasteiger charge is -2.31. The Morgan fingerprint density at radius 2 is 1.91 bits per heavy atom. The molecule has 0 radical (unpaired) electrons. The zero-order chi connectivity index (χ0) is 23.8. The van der Waals surface area contributed by atoms with E-state index in [9.17, 15) is 18.0 Å². The van der Waals surface area contributed by atoms with Gasteiger partial charge in [0.15, 0.2) is 0 Å². The minimum absolute atomic E-state index is 0.0728. The van der Waals surface area contributed by atoms with Crippen LogP contribution in [0, 0.1) is 5.41 Å². The van der Waals surface area contributed by atoms with Gasteiger partial charge in [0.05, 0.1) is 29.7 Å². The summed E-state index contributed by atoms with van der Waals surface area (Å²) in [5, 5.41) is 5.38. The summed E-state index contributed by atoms with van der Waals surface area (Å²) in [7, 11) is -3.76. The summed E-state index contributed by atoms with van der Waals surface area (Å²) in [4.78, 5) is 29.4. The lowest BCUT2D eigenvalue weighted by Crippen LogP contribution is -2.40. The number of sulfonamides is 1. The Bertz CT molecular complexity index is 1320. The van der Waals surface area contributed by atoms with Crippen LogP contribution in [-0.2, 0) is 14.8 Å². The number of aromatic nitrogens is 1. The van der Waals surface area contributed by atoms with Gasteiger partial charge in [0, 0.05) is 34.9 Å². The molecule has 2 aromatic heterocycles. The number of ether oxygens (including phenoxy) is 1.